The lowest BCUT2D eigenvalue weighted by atomic mass is 10.1. The Bertz CT molecular complexity index is 1470. The fraction of sp³-hybridized carbons (Fsp3) is 0.310. The molecule has 0 unspecified atom stereocenters. The lowest BCUT2D eigenvalue weighted by Gasteiger charge is -2.36. The maximum Gasteiger partial charge on any atom is 0.243 e. The molecule has 1 N–H and O–H groups in total. The first-order valence-electron chi connectivity index (χ1n) is 12.8. The van der Waals surface area contributed by atoms with Crippen molar-refractivity contribution in [2.45, 2.75) is 31.6 Å². The van der Waals surface area contributed by atoms with E-state index in [1.807, 2.05) is 24.3 Å². The number of rotatable bonds is 8. The topological polar surface area (TPSA) is 91.4 Å². The van der Waals surface area contributed by atoms with Crippen molar-refractivity contribution in [2.75, 3.05) is 38.2 Å². The molecule has 0 aliphatic carbocycles. The van der Waals surface area contributed by atoms with Gasteiger partial charge in [-0.25, -0.2) is 13.4 Å². The lowest BCUT2D eigenvalue weighted by Crippen LogP contribution is -2.49. The highest BCUT2D eigenvalue weighted by Gasteiger charge is 2.29. The van der Waals surface area contributed by atoms with E-state index in [4.69, 9.17) is 9.72 Å². The van der Waals surface area contributed by atoms with Gasteiger partial charge in [-0.3, -0.25) is 4.98 Å². The Morgan fingerprint density at radius 1 is 0.947 bits per heavy atom. The number of hydrogen-bond acceptors (Lipinski definition) is 6. The van der Waals surface area contributed by atoms with Crippen molar-refractivity contribution in [3.05, 3.63) is 89.6 Å². The van der Waals surface area contributed by atoms with Gasteiger partial charge in [0.05, 0.1) is 17.7 Å². The van der Waals surface area contributed by atoms with Crippen molar-refractivity contribution >= 4 is 15.7 Å². The van der Waals surface area contributed by atoms with Crippen LogP contribution in [0.15, 0.2) is 71.9 Å². The van der Waals surface area contributed by atoms with Gasteiger partial charge in [0.2, 0.25) is 10.0 Å². The van der Waals surface area contributed by atoms with Gasteiger partial charge >= 0.3 is 0 Å². The molecule has 0 amide bonds. The molecule has 1 saturated heterocycles. The first-order chi connectivity index (χ1) is 18.3. The first kappa shape index (κ1) is 25.9. The number of pyridine rings is 1. The van der Waals surface area contributed by atoms with Crippen LogP contribution in [0.4, 0.5) is 5.69 Å². The predicted molar refractivity (Wildman–Crippen MR) is 149 cm³/mol. The molecule has 0 spiro atoms. The minimum absolute atomic E-state index is 0.294. The van der Waals surface area contributed by atoms with Crippen LogP contribution in [0.5, 0.6) is 5.75 Å². The van der Waals surface area contributed by atoms with Crippen molar-refractivity contribution in [3.63, 3.8) is 0 Å². The molecule has 0 saturated carbocycles. The van der Waals surface area contributed by atoms with Gasteiger partial charge in [0.15, 0.2) is 0 Å². The van der Waals surface area contributed by atoms with E-state index >= 15 is 0 Å². The lowest BCUT2D eigenvalue weighted by molar-refractivity contribution is 0.384. The van der Waals surface area contributed by atoms with Crippen LogP contribution in [0.3, 0.4) is 0 Å². The molecule has 38 heavy (non-hydrogen) atoms. The Balaban J connectivity index is 1.30. The zero-order chi connectivity index (χ0) is 26.7. The Morgan fingerprint density at radius 2 is 1.66 bits per heavy atom. The largest absolute Gasteiger partial charge is 0.497 e. The van der Waals surface area contributed by atoms with Crippen LogP contribution in [0, 0.1) is 13.8 Å². The second kappa shape index (κ2) is 11.0. The number of aromatic amines is 1. The van der Waals surface area contributed by atoms with Gasteiger partial charge in [0.25, 0.3) is 0 Å². The van der Waals surface area contributed by atoms with Gasteiger partial charge < -0.3 is 14.6 Å². The van der Waals surface area contributed by atoms with E-state index in [1.54, 1.807) is 35.9 Å². The average molecular weight is 532 g/mol. The van der Waals surface area contributed by atoms with Crippen LogP contribution < -0.4 is 9.64 Å². The van der Waals surface area contributed by atoms with Gasteiger partial charge in [-0.15, -0.1) is 0 Å². The number of ether oxygens (including phenoxy) is 1. The molecule has 2 aromatic heterocycles. The third-order valence-electron chi connectivity index (χ3n) is 7.04. The SMILES string of the molecule is COc1cc(CCc2ncc[nH]2)nc(-c2ccc(S(=O)(=O)N3CCN(c4c(C)cccc4C)CC3)cc2)c1. The second-order valence-corrected chi connectivity index (χ2v) is 11.5. The fourth-order valence-electron chi connectivity index (χ4n) is 5.04. The highest BCUT2D eigenvalue weighted by Crippen LogP contribution is 2.29. The number of nitrogens with zero attached hydrogens (tertiary/aromatic N) is 4. The maximum atomic E-state index is 13.4. The summed E-state index contributed by atoms with van der Waals surface area (Å²) in [7, 11) is -1.96. The maximum absolute atomic E-state index is 13.4. The quantitative estimate of drug-likeness (QED) is 0.363. The van der Waals surface area contributed by atoms with Crippen molar-refractivity contribution in [1.82, 2.24) is 19.3 Å². The predicted octanol–water partition coefficient (Wildman–Crippen LogP) is 4.39. The zero-order valence-corrected chi connectivity index (χ0v) is 22.8. The summed E-state index contributed by atoms with van der Waals surface area (Å²) in [6.45, 7) is 6.44. The molecule has 8 nitrogen and oxygen atoms in total. The number of piperazine rings is 1. The van der Waals surface area contributed by atoms with Gasteiger partial charge in [0, 0.05) is 74.1 Å². The first-order valence-corrected chi connectivity index (χ1v) is 14.2. The normalized spacial score (nSPS) is 14.6. The number of aromatic nitrogens is 3. The minimum Gasteiger partial charge on any atom is -0.497 e. The second-order valence-electron chi connectivity index (χ2n) is 9.58. The summed E-state index contributed by atoms with van der Waals surface area (Å²) in [6.07, 6.45) is 4.99. The van der Waals surface area contributed by atoms with Crippen molar-refractivity contribution in [3.8, 4) is 17.0 Å². The summed E-state index contributed by atoms with van der Waals surface area (Å²) in [5.41, 5.74) is 6.10. The summed E-state index contributed by atoms with van der Waals surface area (Å²) in [6, 6.07) is 17.0. The Hall–Kier alpha value is -3.69. The highest BCUT2D eigenvalue weighted by atomic mass is 32.2. The Morgan fingerprint density at radius 3 is 2.29 bits per heavy atom. The molecule has 0 radical (unpaired) electrons. The number of sulfonamides is 1. The van der Waals surface area contributed by atoms with E-state index in [9.17, 15) is 8.42 Å². The molecule has 0 bridgehead atoms. The number of para-hydroxylation sites is 1. The highest BCUT2D eigenvalue weighted by molar-refractivity contribution is 7.89. The van der Waals surface area contributed by atoms with Crippen molar-refractivity contribution in [1.29, 1.82) is 0 Å². The van der Waals surface area contributed by atoms with Crippen LogP contribution in [0.1, 0.15) is 22.6 Å². The van der Waals surface area contributed by atoms with Crippen LogP contribution in [0.2, 0.25) is 0 Å². The number of H-pyrrole nitrogens is 1. The molecule has 1 fully saturated rings. The van der Waals surface area contributed by atoms with Crippen LogP contribution in [-0.2, 0) is 22.9 Å². The number of aryl methyl sites for hydroxylation is 4. The van der Waals surface area contributed by atoms with E-state index < -0.39 is 10.0 Å². The van der Waals surface area contributed by atoms with E-state index in [0.29, 0.717) is 43.2 Å². The average Bonchev–Trinajstić information content (AvgIpc) is 3.46. The summed E-state index contributed by atoms with van der Waals surface area (Å²) in [5.74, 6) is 1.61. The van der Waals surface area contributed by atoms with Crippen LogP contribution in [0.25, 0.3) is 11.3 Å². The van der Waals surface area contributed by atoms with Crippen LogP contribution in [-0.4, -0.2) is 61.0 Å². The molecular formula is C29H33N5O3S. The van der Waals surface area contributed by atoms with Gasteiger partial charge in [-0.1, -0.05) is 30.3 Å². The zero-order valence-electron chi connectivity index (χ0n) is 22.0. The molecule has 9 heteroatoms. The number of anilines is 1. The van der Waals surface area contributed by atoms with Gasteiger partial charge in [-0.05, 0) is 43.5 Å². The summed E-state index contributed by atoms with van der Waals surface area (Å²) < 4.78 is 33.9. The van der Waals surface area contributed by atoms with Gasteiger partial charge in [-0.2, -0.15) is 4.31 Å². The molecule has 3 heterocycles. The molecule has 4 aromatic rings. The number of methoxy groups -OCH3 is 1. The van der Waals surface area contributed by atoms with E-state index in [-0.39, 0.29) is 0 Å². The van der Waals surface area contributed by atoms with Crippen molar-refractivity contribution < 1.29 is 13.2 Å². The number of hydrogen-bond donors (Lipinski definition) is 1. The Labute approximate surface area is 224 Å². The van der Waals surface area contributed by atoms with Gasteiger partial charge in [0.1, 0.15) is 11.6 Å². The van der Waals surface area contributed by atoms with E-state index in [0.717, 1.165) is 29.2 Å². The number of imidazole rings is 1. The molecule has 5 rings (SSSR count). The third kappa shape index (κ3) is 5.44. The summed E-state index contributed by atoms with van der Waals surface area (Å²) >= 11 is 0. The smallest absolute Gasteiger partial charge is 0.243 e. The number of nitrogens with one attached hydrogen (secondary N) is 1. The molecule has 0 atom stereocenters. The molecule has 1 aliphatic rings. The fourth-order valence-corrected chi connectivity index (χ4v) is 6.46. The van der Waals surface area contributed by atoms with E-state index in [1.165, 1.54) is 16.8 Å². The monoisotopic (exact) mass is 531 g/mol. The van der Waals surface area contributed by atoms with Crippen LogP contribution >= 0.6 is 0 Å². The third-order valence-corrected chi connectivity index (χ3v) is 8.96. The molecule has 2 aromatic carbocycles. The summed E-state index contributed by atoms with van der Waals surface area (Å²) in [5, 5.41) is 0. The van der Waals surface area contributed by atoms with Crippen molar-refractivity contribution in [2.24, 2.45) is 0 Å². The minimum atomic E-state index is -3.59. The standard InChI is InChI=1S/C29H33N5O3S/c1-21-5-4-6-22(2)29(21)33-15-17-34(18-16-33)38(35,36)26-10-7-23(8-11-26)27-20-25(37-3)19-24(32-27)9-12-28-30-13-14-31-28/h4-8,10-11,13-14,19-20H,9,12,15-18H2,1-3H3,(H,30,31). The van der Waals surface area contributed by atoms with E-state index in [2.05, 4.69) is 46.9 Å². The molecule has 198 valence electrons. The Kier molecular flexibility index (Phi) is 7.49. The number of benzene rings is 2. The summed E-state index contributed by atoms with van der Waals surface area (Å²) in [4.78, 5) is 14.8. The molecular weight excluding hydrogens is 498 g/mol. The molecule has 1 aliphatic heterocycles.